The maximum absolute atomic E-state index is 16.2. The zero-order valence-corrected chi connectivity index (χ0v) is 21.7. The van der Waals surface area contributed by atoms with Crippen molar-refractivity contribution in [2.24, 2.45) is 0 Å². The predicted octanol–water partition coefficient (Wildman–Crippen LogP) is 4.70. The number of hydrogen-bond donors (Lipinski definition) is 0. The van der Waals surface area contributed by atoms with Crippen LogP contribution in [-0.4, -0.2) is 58.9 Å². The van der Waals surface area contributed by atoms with Gasteiger partial charge in [-0.05, 0) is 17.5 Å². The van der Waals surface area contributed by atoms with Gasteiger partial charge in [-0.2, -0.15) is 5.26 Å². The molecule has 194 valence electrons. The molecule has 1 fully saturated rings. The van der Waals surface area contributed by atoms with Crippen molar-refractivity contribution >= 4 is 56.5 Å². The van der Waals surface area contributed by atoms with E-state index in [0.29, 0.717) is 32.7 Å². The molecule has 10 heteroatoms. The first kappa shape index (κ1) is 24.8. The van der Waals surface area contributed by atoms with Gasteiger partial charge in [0.1, 0.15) is 17.3 Å². The van der Waals surface area contributed by atoms with E-state index >= 15 is 4.39 Å². The Balaban J connectivity index is 1.54. The van der Waals surface area contributed by atoms with Gasteiger partial charge in [-0.15, -0.1) is 0 Å². The minimum atomic E-state index is -0.716. The molecule has 2 aliphatic rings. The molecule has 2 aromatic heterocycles. The number of aromatic nitrogens is 2. The number of pyridine rings is 2. The number of likely N-dealkylation sites (N-methyl/N-ethyl adjacent to an activating group) is 1. The highest BCUT2D eigenvalue weighted by molar-refractivity contribution is 6.36. The highest BCUT2D eigenvalue weighted by Crippen LogP contribution is 2.44. The Hall–Kier alpha value is -4.55. The third-order valence-electron chi connectivity index (χ3n) is 7.56. The molecule has 2 unspecified atom stereocenters. The van der Waals surface area contributed by atoms with Crippen LogP contribution >= 0.6 is 11.6 Å². The second-order valence-electron chi connectivity index (χ2n) is 9.59. The summed E-state index contributed by atoms with van der Waals surface area (Å²) >= 11 is 6.50. The number of nitrogens with zero attached hydrogens (tertiary/aromatic N) is 6. The van der Waals surface area contributed by atoms with Crippen LogP contribution in [0, 0.1) is 17.1 Å². The lowest BCUT2D eigenvalue weighted by Crippen LogP contribution is -2.66. The molecule has 2 aliphatic heterocycles. The molecule has 39 heavy (non-hydrogen) atoms. The third-order valence-corrected chi connectivity index (χ3v) is 7.87. The average Bonchev–Trinajstić information content (AvgIpc) is 2.95. The summed E-state index contributed by atoms with van der Waals surface area (Å²) in [6.07, 6.45) is 4.31. The summed E-state index contributed by atoms with van der Waals surface area (Å²) < 4.78 is 16.2. The topological polar surface area (TPSA) is 93.4 Å². The predicted molar refractivity (Wildman–Crippen MR) is 148 cm³/mol. The van der Waals surface area contributed by atoms with Crippen molar-refractivity contribution in [2.75, 3.05) is 29.9 Å². The number of hydrogen-bond acceptors (Lipinski definition) is 6. The number of fused-ring (bicyclic) bond motifs is 6. The number of nitriles is 1. The van der Waals surface area contributed by atoms with E-state index in [2.05, 4.69) is 22.6 Å². The number of rotatable bonds is 3. The van der Waals surface area contributed by atoms with Crippen LogP contribution in [0.15, 0.2) is 61.4 Å². The van der Waals surface area contributed by atoms with Gasteiger partial charge in [0, 0.05) is 41.1 Å². The lowest BCUT2D eigenvalue weighted by atomic mass is 9.96. The largest absolute Gasteiger partial charge is 0.354 e. The maximum Gasteiger partial charge on any atom is 0.251 e. The number of piperazine rings is 1. The van der Waals surface area contributed by atoms with E-state index in [1.807, 2.05) is 29.2 Å². The molecule has 8 nitrogen and oxygen atoms in total. The first-order valence-corrected chi connectivity index (χ1v) is 12.7. The summed E-state index contributed by atoms with van der Waals surface area (Å²) in [5.74, 6) is -1.17. The zero-order chi connectivity index (χ0) is 27.4. The zero-order valence-electron chi connectivity index (χ0n) is 20.9. The molecule has 4 aromatic rings. The molecular formula is C29H22ClFN6O2. The number of halogens is 2. The van der Waals surface area contributed by atoms with Crippen LogP contribution in [-0.2, 0) is 9.59 Å². The van der Waals surface area contributed by atoms with Crippen molar-refractivity contribution in [1.82, 2.24) is 14.9 Å². The number of anilines is 2. The molecular weight excluding hydrogens is 519 g/mol. The summed E-state index contributed by atoms with van der Waals surface area (Å²) in [7, 11) is 1.63. The summed E-state index contributed by atoms with van der Waals surface area (Å²) in [5, 5.41) is 11.9. The number of carbonyl (C=O) groups is 2. The first-order chi connectivity index (χ1) is 18.8. The SMILES string of the molecule is C=CC(=O)N1CC2C(=O)N(C)c3cnc4c(F)c(-c5cccc6cccc(Cl)c56)ncc4c3N2CC1CC#N. The van der Waals surface area contributed by atoms with Crippen molar-refractivity contribution in [1.29, 1.82) is 5.26 Å². The van der Waals surface area contributed by atoms with E-state index < -0.39 is 17.9 Å². The van der Waals surface area contributed by atoms with Crippen LogP contribution < -0.4 is 9.80 Å². The van der Waals surface area contributed by atoms with Gasteiger partial charge in [0.15, 0.2) is 5.82 Å². The molecule has 2 amide bonds. The lowest BCUT2D eigenvalue weighted by molar-refractivity contribution is -0.131. The average molecular weight is 541 g/mol. The Morgan fingerprint density at radius 3 is 2.74 bits per heavy atom. The second-order valence-corrected chi connectivity index (χ2v) is 10.0. The normalized spacial score (nSPS) is 18.6. The van der Waals surface area contributed by atoms with E-state index in [1.165, 1.54) is 22.1 Å². The smallest absolute Gasteiger partial charge is 0.251 e. The monoisotopic (exact) mass is 540 g/mol. The van der Waals surface area contributed by atoms with Gasteiger partial charge in [-0.1, -0.05) is 48.5 Å². The Bertz CT molecular complexity index is 1750. The van der Waals surface area contributed by atoms with E-state index in [9.17, 15) is 14.9 Å². The van der Waals surface area contributed by atoms with E-state index in [0.717, 1.165) is 5.39 Å². The molecule has 0 saturated carbocycles. The van der Waals surface area contributed by atoms with Crippen molar-refractivity contribution in [3.8, 4) is 17.3 Å². The fourth-order valence-electron chi connectivity index (χ4n) is 5.68. The van der Waals surface area contributed by atoms with Crippen molar-refractivity contribution in [2.45, 2.75) is 18.5 Å². The summed E-state index contributed by atoms with van der Waals surface area (Å²) in [4.78, 5) is 39.7. The van der Waals surface area contributed by atoms with Gasteiger partial charge in [0.25, 0.3) is 5.91 Å². The van der Waals surface area contributed by atoms with Gasteiger partial charge in [-0.3, -0.25) is 19.6 Å². The van der Waals surface area contributed by atoms with Gasteiger partial charge >= 0.3 is 0 Å². The molecule has 0 aliphatic carbocycles. The van der Waals surface area contributed by atoms with Crippen LogP contribution in [0.3, 0.4) is 0 Å². The number of benzene rings is 2. The number of amides is 2. The van der Waals surface area contributed by atoms with Crippen molar-refractivity contribution in [3.05, 3.63) is 72.3 Å². The van der Waals surface area contributed by atoms with Crippen LogP contribution in [0.25, 0.3) is 32.9 Å². The van der Waals surface area contributed by atoms with E-state index in [4.69, 9.17) is 11.6 Å². The molecule has 4 heterocycles. The minimum absolute atomic E-state index is 0.0732. The Morgan fingerprint density at radius 2 is 2.00 bits per heavy atom. The quantitative estimate of drug-likeness (QED) is 0.350. The Morgan fingerprint density at radius 1 is 1.23 bits per heavy atom. The molecule has 6 rings (SSSR count). The molecule has 0 spiro atoms. The summed E-state index contributed by atoms with van der Waals surface area (Å²) in [6.45, 7) is 3.85. The second kappa shape index (κ2) is 9.33. The maximum atomic E-state index is 16.2. The highest BCUT2D eigenvalue weighted by atomic mass is 35.5. The van der Waals surface area contributed by atoms with Crippen LogP contribution in [0.2, 0.25) is 5.02 Å². The van der Waals surface area contributed by atoms with Gasteiger partial charge in [-0.25, -0.2) is 4.39 Å². The van der Waals surface area contributed by atoms with Crippen molar-refractivity contribution < 1.29 is 14.0 Å². The van der Waals surface area contributed by atoms with Gasteiger partial charge in [0.2, 0.25) is 5.91 Å². The van der Waals surface area contributed by atoms with Gasteiger partial charge in [0.05, 0.1) is 42.6 Å². The molecule has 2 atom stereocenters. The van der Waals surface area contributed by atoms with Crippen LogP contribution in [0.4, 0.5) is 15.8 Å². The van der Waals surface area contributed by atoms with E-state index in [-0.39, 0.29) is 42.5 Å². The fourth-order valence-corrected chi connectivity index (χ4v) is 5.97. The molecule has 2 aromatic carbocycles. The Labute approximate surface area is 228 Å². The number of carbonyl (C=O) groups excluding carboxylic acids is 2. The highest BCUT2D eigenvalue weighted by Gasteiger charge is 2.45. The summed E-state index contributed by atoms with van der Waals surface area (Å²) in [6, 6.07) is 11.9. The molecule has 0 bridgehead atoms. The van der Waals surface area contributed by atoms with Crippen LogP contribution in [0.5, 0.6) is 0 Å². The lowest BCUT2D eigenvalue weighted by Gasteiger charge is -2.50. The molecule has 0 radical (unpaired) electrons. The minimum Gasteiger partial charge on any atom is -0.354 e. The van der Waals surface area contributed by atoms with E-state index in [1.54, 1.807) is 25.4 Å². The third kappa shape index (κ3) is 3.71. The van der Waals surface area contributed by atoms with Crippen LogP contribution in [0.1, 0.15) is 6.42 Å². The fraction of sp³-hybridized carbons (Fsp3) is 0.207. The summed E-state index contributed by atoms with van der Waals surface area (Å²) in [5.41, 5.74) is 1.87. The molecule has 0 N–H and O–H groups in total. The molecule has 1 saturated heterocycles. The Kier molecular flexibility index (Phi) is 5.92. The first-order valence-electron chi connectivity index (χ1n) is 12.3. The van der Waals surface area contributed by atoms with Gasteiger partial charge < -0.3 is 14.7 Å². The van der Waals surface area contributed by atoms with Crippen molar-refractivity contribution in [3.63, 3.8) is 0 Å². The standard InChI is InChI=1S/C29H22ClFN6O2/c1-3-23(38)36-15-22-29(39)35(2)21-13-34-27-19(28(21)37(22)14-17(36)10-11-32)12-33-26(25(27)31)18-8-4-6-16-7-5-9-20(30)24(16)18/h3-9,12-13,17,22H,1,10,14-15H2,2H3.